The van der Waals surface area contributed by atoms with Crippen molar-refractivity contribution in [1.82, 2.24) is 4.90 Å². The minimum absolute atomic E-state index is 0.00106. The molecule has 0 aromatic heterocycles. The highest BCUT2D eigenvalue weighted by atomic mass is 79.9. The third-order valence-electron chi connectivity index (χ3n) is 3.98. The Morgan fingerprint density at radius 1 is 1.00 bits per heavy atom. The Hall–Kier alpha value is -2.34. The molecule has 0 radical (unpaired) electrons. The smallest absolute Gasteiger partial charge is 0.253 e. The number of para-hydroxylation sites is 1. The first-order chi connectivity index (χ1) is 13.0. The molecule has 0 unspecified atom stereocenters. The fourth-order valence-electron chi connectivity index (χ4n) is 2.75. The summed E-state index contributed by atoms with van der Waals surface area (Å²) >= 11 is 3.44. The molecule has 6 heteroatoms. The number of anilines is 2. The van der Waals surface area contributed by atoms with Crippen LogP contribution in [0.3, 0.4) is 0 Å². The molecule has 0 aliphatic rings. The molecule has 0 aliphatic carbocycles. The Morgan fingerprint density at radius 3 is 2.37 bits per heavy atom. The minimum Gasteiger partial charge on any atom is -0.375 e. The second kappa shape index (κ2) is 10.7. The van der Waals surface area contributed by atoms with E-state index in [2.05, 4.69) is 40.4 Å². The molecular weight excluding hydrogens is 406 g/mol. The van der Waals surface area contributed by atoms with E-state index < -0.39 is 0 Å². The molecule has 2 N–H and O–H groups in total. The Kier molecular flexibility index (Phi) is 8.33. The van der Waals surface area contributed by atoms with Crippen LogP contribution in [0.5, 0.6) is 0 Å². The predicted molar refractivity (Wildman–Crippen MR) is 114 cm³/mol. The second-order valence-electron chi connectivity index (χ2n) is 6.25. The van der Waals surface area contributed by atoms with Gasteiger partial charge in [-0.05, 0) is 59.1 Å². The monoisotopic (exact) mass is 431 g/mol. The first kappa shape index (κ1) is 21.0. The van der Waals surface area contributed by atoms with Crippen LogP contribution in [0, 0.1) is 0 Å². The van der Waals surface area contributed by atoms with Gasteiger partial charge in [-0.25, -0.2) is 0 Å². The summed E-state index contributed by atoms with van der Waals surface area (Å²) < 4.78 is 0.900. The van der Waals surface area contributed by atoms with E-state index in [1.165, 1.54) is 0 Å². The van der Waals surface area contributed by atoms with Crippen LogP contribution < -0.4 is 10.6 Å². The van der Waals surface area contributed by atoms with Crippen LogP contribution in [0.25, 0.3) is 0 Å². The van der Waals surface area contributed by atoms with Gasteiger partial charge < -0.3 is 15.5 Å². The number of rotatable bonds is 9. The fourth-order valence-corrected chi connectivity index (χ4v) is 3.18. The van der Waals surface area contributed by atoms with Crippen LogP contribution in [0.4, 0.5) is 11.4 Å². The molecule has 0 heterocycles. The largest absolute Gasteiger partial charge is 0.375 e. The van der Waals surface area contributed by atoms with E-state index in [9.17, 15) is 9.59 Å². The zero-order chi connectivity index (χ0) is 19.6. The highest BCUT2D eigenvalue weighted by Crippen LogP contribution is 2.21. The molecule has 0 fully saturated rings. The van der Waals surface area contributed by atoms with Crippen molar-refractivity contribution in [2.45, 2.75) is 26.7 Å². The van der Waals surface area contributed by atoms with E-state index in [1.54, 1.807) is 24.3 Å². The zero-order valence-corrected chi connectivity index (χ0v) is 17.4. The molecule has 0 atom stereocenters. The number of hydrogen-bond acceptors (Lipinski definition) is 3. The molecule has 144 valence electrons. The molecule has 0 bridgehead atoms. The Morgan fingerprint density at radius 2 is 1.70 bits per heavy atom. The van der Waals surface area contributed by atoms with E-state index >= 15 is 0 Å². The molecule has 0 spiro atoms. The van der Waals surface area contributed by atoms with Crippen molar-refractivity contribution in [3.63, 3.8) is 0 Å². The van der Waals surface area contributed by atoms with Gasteiger partial charge in [-0.1, -0.05) is 32.0 Å². The number of nitrogens with zero attached hydrogens (tertiary/aromatic N) is 1. The highest BCUT2D eigenvalue weighted by Gasteiger charge is 2.15. The standard InChI is InChI=1S/C21H26BrN3O2/c1-3-12-25(13-4-2)21(27)16-8-7-9-17(14-16)24-20(26)15-23-19-11-6-5-10-18(19)22/h5-11,14,23H,3-4,12-13,15H2,1-2H3,(H,24,26). The number of benzene rings is 2. The summed E-state index contributed by atoms with van der Waals surface area (Å²) in [7, 11) is 0. The normalized spacial score (nSPS) is 10.3. The molecule has 2 aromatic carbocycles. The maximum Gasteiger partial charge on any atom is 0.253 e. The predicted octanol–water partition coefficient (Wildman–Crippen LogP) is 4.76. The Labute approximate surface area is 169 Å². The lowest BCUT2D eigenvalue weighted by atomic mass is 10.1. The van der Waals surface area contributed by atoms with Crippen molar-refractivity contribution in [2.24, 2.45) is 0 Å². The summed E-state index contributed by atoms with van der Waals surface area (Å²) in [6.45, 7) is 5.73. The van der Waals surface area contributed by atoms with Gasteiger partial charge in [0.2, 0.25) is 5.91 Å². The van der Waals surface area contributed by atoms with E-state index in [0.717, 1.165) is 36.1 Å². The summed E-state index contributed by atoms with van der Waals surface area (Å²) in [4.78, 5) is 26.8. The molecule has 0 saturated carbocycles. The summed E-state index contributed by atoms with van der Waals surface area (Å²) in [5, 5.41) is 5.93. The van der Waals surface area contributed by atoms with Gasteiger partial charge in [-0.2, -0.15) is 0 Å². The lowest BCUT2D eigenvalue weighted by Crippen LogP contribution is -2.32. The van der Waals surface area contributed by atoms with Crippen molar-refractivity contribution in [3.8, 4) is 0 Å². The molecule has 2 amide bonds. The molecule has 2 rings (SSSR count). The van der Waals surface area contributed by atoms with E-state index in [0.29, 0.717) is 11.3 Å². The number of hydrogen-bond donors (Lipinski definition) is 2. The van der Waals surface area contributed by atoms with Gasteiger partial charge in [0.25, 0.3) is 5.91 Å². The molecule has 2 aromatic rings. The topological polar surface area (TPSA) is 61.4 Å². The van der Waals surface area contributed by atoms with Gasteiger partial charge in [-0.15, -0.1) is 0 Å². The number of nitrogens with one attached hydrogen (secondary N) is 2. The highest BCUT2D eigenvalue weighted by molar-refractivity contribution is 9.10. The van der Waals surface area contributed by atoms with Crippen LogP contribution in [0.2, 0.25) is 0 Å². The maximum absolute atomic E-state index is 12.7. The molecular formula is C21H26BrN3O2. The third-order valence-corrected chi connectivity index (χ3v) is 4.67. The van der Waals surface area contributed by atoms with E-state index in [-0.39, 0.29) is 18.4 Å². The van der Waals surface area contributed by atoms with Crippen LogP contribution in [0.1, 0.15) is 37.0 Å². The SMILES string of the molecule is CCCN(CCC)C(=O)c1cccc(NC(=O)CNc2ccccc2Br)c1. The fraction of sp³-hybridized carbons (Fsp3) is 0.333. The summed E-state index contributed by atoms with van der Waals surface area (Å²) in [6.07, 6.45) is 1.84. The average Bonchev–Trinajstić information content (AvgIpc) is 2.67. The van der Waals surface area contributed by atoms with Crippen LogP contribution in [-0.2, 0) is 4.79 Å². The van der Waals surface area contributed by atoms with E-state index in [4.69, 9.17) is 0 Å². The van der Waals surface area contributed by atoms with Gasteiger partial charge in [-0.3, -0.25) is 9.59 Å². The Bertz CT molecular complexity index is 774. The minimum atomic E-state index is -0.172. The zero-order valence-electron chi connectivity index (χ0n) is 15.8. The molecule has 0 saturated heterocycles. The van der Waals surface area contributed by atoms with Crippen molar-refractivity contribution in [1.29, 1.82) is 0 Å². The quantitative estimate of drug-likeness (QED) is 0.601. The number of halogens is 1. The van der Waals surface area contributed by atoms with Crippen molar-refractivity contribution in [2.75, 3.05) is 30.3 Å². The maximum atomic E-state index is 12.7. The average molecular weight is 432 g/mol. The number of carbonyl (C=O) groups is 2. The second-order valence-corrected chi connectivity index (χ2v) is 7.11. The molecule has 27 heavy (non-hydrogen) atoms. The summed E-state index contributed by atoms with van der Waals surface area (Å²) in [5.41, 5.74) is 2.06. The third kappa shape index (κ3) is 6.40. The number of amides is 2. The Balaban J connectivity index is 1.99. The first-order valence-electron chi connectivity index (χ1n) is 9.22. The number of carbonyl (C=O) groups excluding carboxylic acids is 2. The summed E-state index contributed by atoms with van der Waals surface area (Å²) in [5.74, 6) is -0.171. The van der Waals surface area contributed by atoms with Gasteiger partial charge in [0.1, 0.15) is 0 Å². The molecule has 5 nitrogen and oxygen atoms in total. The lowest BCUT2D eigenvalue weighted by molar-refractivity contribution is -0.114. The van der Waals surface area contributed by atoms with Gasteiger partial charge in [0, 0.05) is 34.5 Å². The lowest BCUT2D eigenvalue weighted by Gasteiger charge is -2.21. The van der Waals surface area contributed by atoms with Crippen LogP contribution >= 0.6 is 15.9 Å². The van der Waals surface area contributed by atoms with Crippen LogP contribution in [-0.4, -0.2) is 36.3 Å². The van der Waals surface area contributed by atoms with Gasteiger partial charge in [0.05, 0.1) is 6.54 Å². The van der Waals surface area contributed by atoms with Crippen molar-refractivity contribution in [3.05, 3.63) is 58.6 Å². The van der Waals surface area contributed by atoms with Crippen molar-refractivity contribution < 1.29 is 9.59 Å². The van der Waals surface area contributed by atoms with Gasteiger partial charge >= 0.3 is 0 Å². The molecule has 0 aliphatic heterocycles. The van der Waals surface area contributed by atoms with E-state index in [1.807, 2.05) is 29.2 Å². The van der Waals surface area contributed by atoms with Crippen molar-refractivity contribution >= 4 is 39.1 Å². The summed E-state index contributed by atoms with van der Waals surface area (Å²) in [6, 6.07) is 14.7. The first-order valence-corrected chi connectivity index (χ1v) is 10.0. The van der Waals surface area contributed by atoms with Crippen LogP contribution in [0.15, 0.2) is 53.0 Å². The van der Waals surface area contributed by atoms with Gasteiger partial charge in [0.15, 0.2) is 0 Å².